The molecule has 0 atom stereocenters. The van der Waals surface area contributed by atoms with E-state index >= 15 is 0 Å². The Balaban J connectivity index is 0.00000235. The SMILES string of the molecule is CC.CCOc1cc(C2=NN(C(=O)c3ccc(OCCOCCOCCO)cc3)CCC2)ccc1OC. The molecule has 1 heterocycles. The fourth-order valence-corrected chi connectivity index (χ4v) is 3.56. The molecule has 2 aromatic carbocycles. The van der Waals surface area contributed by atoms with E-state index in [9.17, 15) is 4.79 Å². The van der Waals surface area contributed by atoms with Crippen molar-refractivity contribution in [1.29, 1.82) is 0 Å². The van der Waals surface area contributed by atoms with Crippen LogP contribution >= 0.6 is 0 Å². The Morgan fingerprint density at radius 1 is 0.946 bits per heavy atom. The number of aliphatic hydroxyl groups is 1. The molecule has 204 valence electrons. The number of carbonyl (C=O) groups excluding carboxylic acids is 1. The number of carbonyl (C=O) groups is 1. The van der Waals surface area contributed by atoms with Crippen LogP contribution in [0.5, 0.6) is 17.2 Å². The van der Waals surface area contributed by atoms with E-state index in [1.165, 1.54) is 5.01 Å². The Kier molecular flexibility index (Phi) is 14.1. The summed E-state index contributed by atoms with van der Waals surface area (Å²) in [6.45, 7) is 9.02. The molecule has 1 N–H and O–H groups in total. The molecule has 0 aliphatic carbocycles. The van der Waals surface area contributed by atoms with Gasteiger partial charge in [-0.05, 0) is 62.2 Å². The second-order valence-corrected chi connectivity index (χ2v) is 7.70. The van der Waals surface area contributed by atoms with Crippen LogP contribution in [-0.2, 0) is 9.47 Å². The second kappa shape index (κ2) is 17.3. The third kappa shape index (κ3) is 9.68. The van der Waals surface area contributed by atoms with Crippen molar-refractivity contribution < 1.29 is 33.6 Å². The van der Waals surface area contributed by atoms with Crippen LogP contribution < -0.4 is 14.2 Å². The second-order valence-electron chi connectivity index (χ2n) is 7.70. The van der Waals surface area contributed by atoms with Crippen LogP contribution in [-0.4, -0.2) is 81.6 Å². The van der Waals surface area contributed by atoms with Crippen LogP contribution in [0.1, 0.15) is 49.5 Å². The largest absolute Gasteiger partial charge is 0.493 e. The maximum absolute atomic E-state index is 13.1. The minimum atomic E-state index is -0.154. The molecule has 1 amide bonds. The first-order valence-corrected chi connectivity index (χ1v) is 12.9. The average Bonchev–Trinajstić information content (AvgIpc) is 2.95. The van der Waals surface area contributed by atoms with Gasteiger partial charge in [-0.15, -0.1) is 0 Å². The van der Waals surface area contributed by atoms with E-state index in [0.717, 1.165) is 24.1 Å². The van der Waals surface area contributed by atoms with Crippen molar-refractivity contribution in [2.24, 2.45) is 5.10 Å². The Morgan fingerprint density at radius 3 is 2.32 bits per heavy atom. The third-order valence-electron chi connectivity index (χ3n) is 5.26. The van der Waals surface area contributed by atoms with Gasteiger partial charge in [0.1, 0.15) is 12.4 Å². The summed E-state index contributed by atoms with van der Waals surface area (Å²) in [5.41, 5.74) is 2.30. The number of aliphatic hydroxyl groups excluding tert-OH is 1. The molecule has 0 fully saturated rings. The highest BCUT2D eigenvalue weighted by Crippen LogP contribution is 2.29. The molecule has 2 aromatic rings. The van der Waals surface area contributed by atoms with E-state index in [-0.39, 0.29) is 12.5 Å². The van der Waals surface area contributed by atoms with Gasteiger partial charge in [0.15, 0.2) is 11.5 Å². The number of ether oxygens (including phenoxy) is 5. The van der Waals surface area contributed by atoms with Gasteiger partial charge in [0.2, 0.25) is 0 Å². The minimum Gasteiger partial charge on any atom is -0.493 e. The highest BCUT2D eigenvalue weighted by molar-refractivity contribution is 6.03. The number of hydrogen-bond donors (Lipinski definition) is 1. The van der Waals surface area contributed by atoms with E-state index < -0.39 is 0 Å². The summed E-state index contributed by atoms with van der Waals surface area (Å²) in [5, 5.41) is 14.8. The highest BCUT2D eigenvalue weighted by atomic mass is 16.5. The summed E-state index contributed by atoms with van der Waals surface area (Å²) >= 11 is 0. The number of methoxy groups -OCH3 is 1. The molecule has 1 aliphatic heterocycles. The van der Waals surface area contributed by atoms with Gasteiger partial charge in [0.25, 0.3) is 5.91 Å². The van der Waals surface area contributed by atoms with Gasteiger partial charge in [0.05, 0.1) is 52.5 Å². The van der Waals surface area contributed by atoms with Crippen molar-refractivity contribution in [3.05, 3.63) is 53.6 Å². The zero-order valence-electron chi connectivity index (χ0n) is 22.4. The average molecular weight is 517 g/mol. The highest BCUT2D eigenvalue weighted by Gasteiger charge is 2.21. The summed E-state index contributed by atoms with van der Waals surface area (Å²) in [5.74, 6) is 1.83. The molecule has 0 spiro atoms. The summed E-state index contributed by atoms with van der Waals surface area (Å²) in [6.07, 6.45) is 1.61. The van der Waals surface area contributed by atoms with E-state index in [1.807, 2.05) is 39.0 Å². The van der Waals surface area contributed by atoms with Crippen molar-refractivity contribution >= 4 is 11.6 Å². The van der Waals surface area contributed by atoms with Crippen molar-refractivity contribution in [2.75, 3.05) is 59.9 Å². The Bertz CT molecular complexity index is 964. The molecule has 0 saturated heterocycles. The van der Waals surface area contributed by atoms with Crippen LogP contribution in [0.25, 0.3) is 0 Å². The Hall–Kier alpha value is -3.14. The maximum atomic E-state index is 13.1. The van der Waals surface area contributed by atoms with E-state index in [2.05, 4.69) is 5.10 Å². The van der Waals surface area contributed by atoms with Crippen LogP contribution in [0.4, 0.5) is 0 Å². The lowest BCUT2D eigenvalue weighted by atomic mass is 10.0. The van der Waals surface area contributed by atoms with E-state index in [0.29, 0.717) is 69.0 Å². The first-order valence-electron chi connectivity index (χ1n) is 12.9. The lowest BCUT2D eigenvalue weighted by Crippen LogP contribution is -2.32. The predicted octanol–water partition coefficient (Wildman–Crippen LogP) is 4.16. The number of hydrogen-bond acceptors (Lipinski definition) is 8. The van der Waals surface area contributed by atoms with Gasteiger partial charge < -0.3 is 28.8 Å². The molecule has 37 heavy (non-hydrogen) atoms. The lowest BCUT2D eigenvalue weighted by molar-refractivity contribution is 0.0247. The zero-order valence-corrected chi connectivity index (χ0v) is 22.4. The molecular weight excluding hydrogens is 476 g/mol. The topological polar surface area (TPSA) is 99.1 Å². The minimum absolute atomic E-state index is 0.00483. The van der Waals surface area contributed by atoms with Gasteiger partial charge in [-0.2, -0.15) is 5.10 Å². The molecule has 0 unspecified atom stereocenters. The molecule has 0 bridgehead atoms. The van der Waals surface area contributed by atoms with Crippen LogP contribution in [0, 0.1) is 0 Å². The van der Waals surface area contributed by atoms with Crippen LogP contribution in [0.15, 0.2) is 47.6 Å². The Morgan fingerprint density at radius 2 is 1.65 bits per heavy atom. The third-order valence-corrected chi connectivity index (χ3v) is 5.26. The molecule has 9 heteroatoms. The van der Waals surface area contributed by atoms with Gasteiger partial charge >= 0.3 is 0 Å². The molecule has 1 aliphatic rings. The van der Waals surface area contributed by atoms with Gasteiger partial charge in [0, 0.05) is 17.7 Å². The van der Waals surface area contributed by atoms with Gasteiger partial charge in [-0.25, -0.2) is 5.01 Å². The van der Waals surface area contributed by atoms with Gasteiger partial charge in [-0.1, -0.05) is 13.8 Å². The smallest absolute Gasteiger partial charge is 0.273 e. The number of nitrogens with zero attached hydrogens (tertiary/aromatic N) is 2. The molecule has 0 radical (unpaired) electrons. The first-order chi connectivity index (χ1) is 18.2. The quantitative estimate of drug-likeness (QED) is 0.376. The Labute approximate surface area is 219 Å². The zero-order chi connectivity index (χ0) is 26.9. The van der Waals surface area contributed by atoms with Gasteiger partial charge in [-0.3, -0.25) is 4.79 Å². The fourth-order valence-electron chi connectivity index (χ4n) is 3.56. The summed E-state index contributed by atoms with van der Waals surface area (Å²) in [4.78, 5) is 13.1. The predicted molar refractivity (Wildman–Crippen MR) is 143 cm³/mol. The standard InChI is InChI=1S/C26H34N2O7.C2H6/c1-3-34-25-19-21(8-11-24(25)31-2)23-5-4-12-28(27-23)26(30)20-6-9-22(10-7-20)35-18-17-33-16-15-32-14-13-29;1-2/h6-11,19,29H,3-5,12-18H2,1-2H3;1-2H3. The molecule has 0 aromatic heterocycles. The molecule has 0 saturated carbocycles. The van der Waals surface area contributed by atoms with Crippen molar-refractivity contribution in [1.82, 2.24) is 5.01 Å². The number of amides is 1. The van der Waals surface area contributed by atoms with Crippen LogP contribution in [0.3, 0.4) is 0 Å². The summed E-state index contributed by atoms with van der Waals surface area (Å²) in [7, 11) is 1.61. The first kappa shape index (κ1) is 30.1. The van der Waals surface area contributed by atoms with E-state index in [4.69, 9.17) is 28.8 Å². The summed E-state index contributed by atoms with van der Waals surface area (Å²) in [6, 6.07) is 12.7. The van der Waals surface area contributed by atoms with Crippen molar-refractivity contribution in [2.45, 2.75) is 33.6 Å². The van der Waals surface area contributed by atoms with Crippen LogP contribution in [0.2, 0.25) is 0 Å². The maximum Gasteiger partial charge on any atom is 0.273 e. The van der Waals surface area contributed by atoms with Crippen molar-refractivity contribution in [3.63, 3.8) is 0 Å². The molecule has 9 nitrogen and oxygen atoms in total. The number of rotatable bonds is 14. The fraction of sp³-hybridized carbons (Fsp3) is 0.500. The van der Waals surface area contributed by atoms with E-state index in [1.54, 1.807) is 31.4 Å². The van der Waals surface area contributed by atoms with Crippen molar-refractivity contribution in [3.8, 4) is 17.2 Å². The lowest BCUT2D eigenvalue weighted by Gasteiger charge is -2.24. The normalized spacial score (nSPS) is 12.8. The summed E-state index contributed by atoms with van der Waals surface area (Å²) < 4.78 is 27.2. The monoisotopic (exact) mass is 516 g/mol. The molecular formula is C28H40N2O7. The number of hydrazone groups is 1. The molecule has 3 rings (SSSR count). The number of benzene rings is 2.